The van der Waals surface area contributed by atoms with Crippen LogP contribution in [0.4, 0.5) is 5.69 Å². The second-order valence-electron chi connectivity index (χ2n) is 5.07. The van der Waals surface area contributed by atoms with Crippen LogP contribution in [-0.4, -0.2) is 37.5 Å². The van der Waals surface area contributed by atoms with E-state index in [1.54, 1.807) is 18.7 Å². The first kappa shape index (κ1) is 16.5. The number of nitro groups is 1. The number of amides is 1. The minimum Gasteiger partial charge on any atom is -0.475 e. The van der Waals surface area contributed by atoms with Gasteiger partial charge in [0.05, 0.1) is 17.7 Å². The van der Waals surface area contributed by atoms with Crippen molar-refractivity contribution in [3.05, 3.63) is 33.8 Å². The Balaban J connectivity index is 2.07. The second-order valence-corrected chi connectivity index (χ2v) is 5.07. The summed E-state index contributed by atoms with van der Waals surface area (Å²) in [6.07, 6.45) is 3.00. The van der Waals surface area contributed by atoms with Crippen molar-refractivity contribution in [3.63, 3.8) is 0 Å². The monoisotopic (exact) mass is 322 g/mol. The minimum atomic E-state index is -0.713. The Labute approximate surface area is 132 Å². The van der Waals surface area contributed by atoms with Gasteiger partial charge in [0.2, 0.25) is 5.91 Å². The predicted octanol–water partition coefficient (Wildman–Crippen LogP) is 0.719. The van der Waals surface area contributed by atoms with Crippen LogP contribution in [0.3, 0.4) is 0 Å². The standard InChI is InChI=1S/C13H18N6O4/c1-8-10(6-17(3)15-8)5-14-12(20)9(2)18-7-11(19(21)22)13(16-18)23-4/h6-7,9H,5H2,1-4H3,(H,14,20). The molecule has 0 saturated carbocycles. The number of nitrogens with one attached hydrogen (secondary N) is 1. The van der Waals surface area contributed by atoms with Gasteiger partial charge < -0.3 is 10.1 Å². The Morgan fingerprint density at radius 1 is 1.48 bits per heavy atom. The number of carbonyl (C=O) groups is 1. The molecule has 2 aromatic rings. The van der Waals surface area contributed by atoms with Crippen molar-refractivity contribution in [2.45, 2.75) is 26.4 Å². The Morgan fingerprint density at radius 3 is 2.65 bits per heavy atom. The molecule has 0 aliphatic heterocycles. The van der Waals surface area contributed by atoms with Crippen LogP contribution in [0.1, 0.15) is 24.2 Å². The summed E-state index contributed by atoms with van der Waals surface area (Å²) in [5.41, 5.74) is 1.45. The predicted molar refractivity (Wildman–Crippen MR) is 79.9 cm³/mol. The lowest BCUT2D eigenvalue weighted by atomic mass is 10.2. The van der Waals surface area contributed by atoms with E-state index in [1.165, 1.54) is 18.0 Å². The normalized spacial score (nSPS) is 12.0. The summed E-state index contributed by atoms with van der Waals surface area (Å²) in [4.78, 5) is 22.5. The van der Waals surface area contributed by atoms with E-state index in [0.717, 1.165) is 11.3 Å². The van der Waals surface area contributed by atoms with Gasteiger partial charge in [-0.05, 0) is 13.8 Å². The van der Waals surface area contributed by atoms with Crippen molar-refractivity contribution < 1.29 is 14.5 Å². The third kappa shape index (κ3) is 3.47. The molecule has 0 saturated heterocycles. The number of methoxy groups -OCH3 is 1. The first-order valence-corrected chi connectivity index (χ1v) is 6.87. The Kier molecular flexibility index (Phi) is 4.63. The molecule has 0 radical (unpaired) electrons. The van der Waals surface area contributed by atoms with Gasteiger partial charge in [0.25, 0.3) is 0 Å². The average molecular weight is 322 g/mol. The summed E-state index contributed by atoms with van der Waals surface area (Å²) in [5, 5.41) is 21.8. The Bertz CT molecular complexity index is 735. The van der Waals surface area contributed by atoms with Crippen LogP contribution in [0.25, 0.3) is 0 Å². The number of aromatic nitrogens is 4. The maximum absolute atomic E-state index is 12.2. The molecule has 2 rings (SSSR count). The molecule has 1 atom stereocenters. The molecule has 0 spiro atoms. The molecule has 10 heteroatoms. The van der Waals surface area contributed by atoms with E-state index < -0.39 is 11.0 Å². The molecule has 124 valence electrons. The van der Waals surface area contributed by atoms with Gasteiger partial charge in [0, 0.05) is 25.4 Å². The zero-order valence-corrected chi connectivity index (χ0v) is 13.3. The summed E-state index contributed by atoms with van der Waals surface area (Å²) >= 11 is 0. The topological polar surface area (TPSA) is 117 Å². The minimum absolute atomic E-state index is 0.127. The first-order chi connectivity index (χ1) is 10.8. The lowest BCUT2D eigenvalue weighted by Crippen LogP contribution is -2.31. The van der Waals surface area contributed by atoms with E-state index in [1.807, 2.05) is 13.1 Å². The van der Waals surface area contributed by atoms with Crippen molar-refractivity contribution in [3.8, 4) is 5.88 Å². The maximum atomic E-state index is 12.2. The average Bonchev–Trinajstić information content (AvgIpc) is 3.07. The number of carbonyl (C=O) groups excluding carboxylic acids is 1. The number of rotatable bonds is 6. The molecule has 23 heavy (non-hydrogen) atoms. The summed E-state index contributed by atoms with van der Waals surface area (Å²) in [5.74, 6) is -0.439. The lowest BCUT2D eigenvalue weighted by molar-refractivity contribution is -0.385. The number of aryl methyl sites for hydroxylation is 2. The highest BCUT2D eigenvalue weighted by atomic mass is 16.6. The molecule has 1 N–H and O–H groups in total. The molecule has 0 bridgehead atoms. The molecule has 0 aliphatic carbocycles. The molecule has 2 heterocycles. The number of ether oxygens (including phenoxy) is 1. The molecular formula is C13H18N6O4. The van der Waals surface area contributed by atoms with Crippen LogP contribution in [-0.2, 0) is 18.4 Å². The summed E-state index contributed by atoms with van der Waals surface area (Å²) in [6, 6.07) is -0.713. The zero-order valence-electron chi connectivity index (χ0n) is 13.3. The molecule has 1 unspecified atom stereocenters. The van der Waals surface area contributed by atoms with Gasteiger partial charge in [-0.3, -0.25) is 19.6 Å². The van der Waals surface area contributed by atoms with Crippen LogP contribution < -0.4 is 10.1 Å². The largest absolute Gasteiger partial charge is 0.475 e. The van der Waals surface area contributed by atoms with Gasteiger partial charge in [-0.15, -0.1) is 5.10 Å². The van der Waals surface area contributed by atoms with Crippen LogP contribution >= 0.6 is 0 Å². The van der Waals surface area contributed by atoms with E-state index >= 15 is 0 Å². The van der Waals surface area contributed by atoms with Gasteiger partial charge in [-0.2, -0.15) is 5.10 Å². The third-order valence-electron chi connectivity index (χ3n) is 3.41. The molecular weight excluding hydrogens is 304 g/mol. The quantitative estimate of drug-likeness (QED) is 0.618. The Hall–Kier alpha value is -2.91. The third-order valence-corrected chi connectivity index (χ3v) is 3.41. The molecule has 10 nitrogen and oxygen atoms in total. The number of hydrogen-bond donors (Lipinski definition) is 1. The maximum Gasteiger partial charge on any atom is 0.350 e. The summed E-state index contributed by atoms with van der Waals surface area (Å²) in [7, 11) is 3.09. The highest BCUT2D eigenvalue weighted by Crippen LogP contribution is 2.25. The number of hydrogen-bond acceptors (Lipinski definition) is 6. The highest BCUT2D eigenvalue weighted by molar-refractivity contribution is 5.79. The zero-order chi connectivity index (χ0) is 17.1. The molecule has 0 aliphatic rings. The molecule has 1 amide bonds. The van der Waals surface area contributed by atoms with Crippen molar-refractivity contribution >= 4 is 11.6 Å². The van der Waals surface area contributed by atoms with E-state index in [9.17, 15) is 14.9 Å². The fourth-order valence-corrected chi connectivity index (χ4v) is 2.11. The van der Waals surface area contributed by atoms with Crippen LogP contribution in [0.2, 0.25) is 0 Å². The van der Waals surface area contributed by atoms with E-state index in [0.29, 0.717) is 6.54 Å². The van der Waals surface area contributed by atoms with Gasteiger partial charge >= 0.3 is 11.6 Å². The van der Waals surface area contributed by atoms with E-state index in [2.05, 4.69) is 15.5 Å². The highest BCUT2D eigenvalue weighted by Gasteiger charge is 2.25. The van der Waals surface area contributed by atoms with E-state index in [-0.39, 0.29) is 17.5 Å². The van der Waals surface area contributed by atoms with Crippen molar-refractivity contribution in [2.24, 2.45) is 7.05 Å². The first-order valence-electron chi connectivity index (χ1n) is 6.87. The fourth-order valence-electron chi connectivity index (χ4n) is 2.11. The van der Waals surface area contributed by atoms with Crippen molar-refractivity contribution in [1.29, 1.82) is 0 Å². The molecule has 0 fully saturated rings. The fraction of sp³-hybridized carbons (Fsp3) is 0.462. The van der Waals surface area contributed by atoms with E-state index in [4.69, 9.17) is 4.74 Å². The molecule has 0 aromatic carbocycles. The van der Waals surface area contributed by atoms with Gasteiger partial charge in [-0.1, -0.05) is 0 Å². The van der Waals surface area contributed by atoms with Crippen LogP contribution in [0.15, 0.2) is 12.4 Å². The second kappa shape index (κ2) is 6.46. The van der Waals surface area contributed by atoms with Crippen molar-refractivity contribution in [1.82, 2.24) is 24.9 Å². The summed E-state index contributed by atoms with van der Waals surface area (Å²) < 4.78 is 7.73. The smallest absolute Gasteiger partial charge is 0.350 e. The Morgan fingerprint density at radius 2 is 2.17 bits per heavy atom. The van der Waals surface area contributed by atoms with Gasteiger partial charge in [0.15, 0.2) is 0 Å². The lowest BCUT2D eigenvalue weighted by Gasteiger charge is -2.11. The van der Waals surface area contributed by atoms with Crippen molar-refractivity contribution in [2.75, 3.05) is 7.11 Å². The number of nitrogens with zero attached hydrogens (tertiary/aromatic N) is 5. The van der Waals surface area contributed by atoms with Crippen LogP contribution in [0, 0.1) is 17.0 Å². The van der Waals surface area contributed by atoms with Gasteiger partial charge in [0.1, 0.15) is 12.2 Å². The van der Waals surface area contributed by atoms with Gasteiger partial charge in [-0.25, -0.2) is 4.68 Å². The SMILES string of the molecule is COc1nn(C(C)C(=O)NCc2cn(C)nc2C)cc1[N+](=O)[O-]. The summed E-state index contributed by atoms with van der Waals surface area (Å²) in [6.45, 7) is 3.78. The van der Waals surface area contributed by atoms with Crippen LogP contribution in [0.5, 0.6) is 5.88 Å². The molecule has 2 aromatic heterocycles.